The molecule has 0 aromatic carbocycles. The van der Waals surface area contributed by atoms with E-state index in [2.05, 4.69) is 16.0 Å². The topological polar surface area (TPSA) is 87.3 Å². The van der Waals surface area contributed by atoms with E-state index in [4.69, 9.17) is 0 Å². The molecule has 6 nitrogen and oxygen atoms in total. The fraction of sp³-hybridized carbons (Fsp3) is 0.700. The third-order valence-electron chi connectivity index (χ3n) is 1.85. The largest absolute Gasteiger partial charge is 0.354 e. The second-order valence-electron chi connectivity index (χ2n) is 3.43. The number of carbonyl (C=O) groups is 3. The molecule has 92 valence electrons. The molecule has 0 radical (unpaired) electrons. The van der Waals surface area contributed by atoms with Crippen LogP contribution in [-0.2, 0) is 14.4 Å². The van der Waals surface area contributed by atoms with E-state index in [9.17, 15) is 14.4 Å². The van der Waals surface area contributed by atoms with Gasteiger partial charge in [0.05, 0.1) is 6.54 Å². The van der Waals surface area contributed by atoms with Crippen molar-refractivity contribution in [3.8, 4) is 0 Å². The van der Waals surface area contributed by atoms with Gasteiger partial charge in [-0.05, 0) is 14.0 Å². The van der Waals surface area contributed by atoms with Gasteiger partial charge in [0.2, 0.25) is 11.8 Å². The summed E-state index contributed by atoms with van der Waals surface area (Å²) < 4.78 is 0. The van der Waals surface area contributed by atoms with E-state index >= 15 is 0 Å². The molecule has 0 spiro atoms. The summed E-state index contributed by atoms with van der Waals surface area (Å²) in [5, 5.41) is 7.85. The Morgan fingerprint density at radius 3 is 2.19 bits per heavy atom. The van der Waals surface area contributed by atoms with Crippen LogP contribution < -0.4 is 16.0 Å². The Hall–Kier alpha value is -1.43. The third kappa shape index (κ3) is 9.14. The van der Waals surface area contributed by atoms with E-state index < -0.39 is 0 Å². The van der Waals surface area contributed by atoms with Crippen molar-refractivity contribution in [2.24, 2.45) is 0 Å². The maximum atomic E-state index is 11.2. The zero-order valence-electron chi connectivity index (χ0n) is 9.76. The summed E-state index contributed by atoms with van der Waals surface area (Å²) in [6, 6.07) is 0. The van der Waals surface area contributed by atoms with Crippen LogP contribution in [0.5, 0.6) is 0 Å². The summed E-state index contributed by atoms with van der Waals surface area (Å²) in [5.41, 5.74) is 0. The monoisotopic (exact) mass is 229 g/mol. The molecule has 0 aliphatic carbocycles. The van der Waals surface area contributed by atoms with E-state index in [-0.39, 0.29) is 24.1 Å². The Morgan fingerprint density at radius 2 is 1.62 bits per heavy atom. The van der Waals surface area contributed by atoms with Crippen molar-refractivity contribution < 1.29 is 14.4 Å². The molecule has 0 rings (SSSR count). The highest BCUT2D eigenvalue weighted by molar-refractivity contribution is 5.85. The van der Waals surface area contributed by atoms with Crippen LogP contribution in [0.1, 0.15) is 19.8 Å². The minimum atomic E-state index is -0.279. The number of carbonyl (C=O) groups excluding carboxylic acids is 3. The summed E-state index contributed by atoms with van der Waals surface area (Å²) in [6.45, 7) is 2.32. The van der Waals surface area contributed by atoms with Crippen LogP contribution in [0.4, 0.5) is 0 Å². The Labute approximate surface area is 95.2 Å². The summed E-state index contributed by atoms with van der Waals surface area (Å²) in [5.74, 6) is -0.423. The molecular weight excluding hydrogens is 210 g/mol. The van der Waals surface area contributed by atoms with Crippen molar-refractivity contribution in [3.05, 3.63) is 0 Å². The fourth-order valence-corrected chi connectivity index (χ4v) is 0.946. The van der Waals surface area contributed by atoms with E-state index in [1.807, 2.05) is 0 Å². The first-order valence-corrected chi connectivity index (χ1v) is 5.23. The standard InChI is InChI=1S/C10H19N3O3/c1-8(14)3-6-12-10(16)7-13-9(15)4-5-11-2/h11H,3-7H2,1-2H3,(H,12,16)(H,13,15). The smallest absolute Gasteiger partial charge is 0.239 e. The van der Waals surface area contributed by atoms with Crippen LogP contribution in [0.3, 0.4) is 0 Å². The number of Topliss-reactive ketones (excluding diaryl/α,β-unsaturated/α-hetero) is 1. The van der Waals surface area contributed by atoms with Crippen molar-refractivity contribution in [2.45, 2.75) is 19.8 Å². The van der Waals surface area contributed by atoms with Gasteiger partial charge < -0.3 is 16.0 Å². The molecule has 0 heterocycles. The average molecular weight is 229 g/mol. The Kier molecular flexibility index (Phi) is 8.05. The molecule has 3 N–H and O–H groups in total. The molecule has 0 aliphatic heterocycles. The van der Waals surface area contributed by atoms with Crippen LogP contribution in [0.2, 0.25) is 0 Å². The van der Waals surface area contributed by atoms with Crippen molar-refractivity contribution >= 4 is 17.6 Å². The van der Waals surface area contributed by atoms with E-state index in [0.29, 0.717) is 25.9 Å². The first-order valence-electron chi connectivity index (χ1n) is 5.23. The van der Waals surface area contributed by atoms with E-state index in [1.54, 1.807) is 7.05 Å². The van der Waals surface area contributed by atoms with Crippen LogP contribution in [0, 0.1) is 0 Å². The number of nitrogens with one attached hydrogen (secondary N) is 3. The Morgan fingerprint density at radius 1 is 0.938 bits per heavy atom. The van der Waals surface area contributed by atoms with Gasteiger partial charge >= 0.3 is 0 Å². The molecule has 0 aliphatic rings. The number of hydrogen-bond donors (Lipinski definition) is 3. The van der Waals surface area contributed by atoms with Crippen molar-refractivity contribution in [2.75, 3.05) is 26.7 Å². The lowest BCUT2D eigenvalue weighted by atomic mass is 10.3. The normalized spacial score (nSPS) is 9.62. The van der Waals surface area contributed by atoms with Crippen LogP contribution in [-0.4, -0.2) is 44.3 Å². The van der Waals surface area contributed by atoms with Gasteiger partial charge in [0.15, 0.2) is 0 Å². The van der Waals surface area contributed by atoms with Gasteiger partial charge in [-0.1, -0.05) is 0 Å². The Bertz CT molecular complexity index is 254. The van der Waals surface area contributed by atoms with Gasteiger partial charge in [0, 0.05) is 25.9 Å². The first kappa shape index (κ1) is 14.6. The minimum Gasteiger partial charge on any atom is -0.354 e. The molecule has 6 heteroatoms. The number of hydrogen-bond acceptors (Lipinski definition) is 4. The average Bonchev–Trinajstić information content (AvgIpc) is 2.23. The SMILES string of the molecule is CNCCC(=O)NCC(=O)NCCC(C)=O. The first-order chi connectivity index (χ1) is 7.56. The summed E-state index contributed by atoms with van der Waals surface area (Å²) in [4.78, 5) is 32.8. The fourth-order valence-electron chi connectivity index (χ4n) is 0.946. The molecule has 0 bridgehead atoms. The highest BCUT2D eigenvalue weighted by atomic mass is 16.2. The van der Waals surface area contributed by atoms with Gasteiger partial charge in [0.25, 0.3) is 0 Å². The zero-order valence-corrected chi connectivity index (χ0v) is 9.76. The molecule has 0 saturated carbocycles. The second kappa shape index (κ2) is 8.84. The molecule has 0 atom stereocenters. The molecule has 0 saturated heterocycles. The molecule has 16 heavy (non-hydrogen) atoms. The van der Waals surface area contributed by atoms with Gasteiger partial charge in [-0.25, -0.2) is 0 Å². The summed E-state index contributed by atoms with van der Waals surface area (Å²) >= 11 is 0. The van der Waals surface area contributed by atoms with Gasteiger partial charge in [0.1, 0.15) is 5.78 Å². The van der Waals surface area contributed by atoms with Crippen molar-refractivity contribution in [1.29, 1.82) is 0 Å². The van der Waals surface area contributed by atoms with Gasteiger partial charge in [-0.15, -0.1) is 0 Å². The number of amides is 2. The third-order valence-corrected chi connectivity index (χ3v) is 1.85. The second-order valence-corrected chi connectivity index (χ2v) is 3.43. The highest BCUT2D eigenvalue weighted by Gasteiger charge is 2.04. The van der Waals surface area contributed by atoms with Gasteiger partial charge in [-0.3, -0.25) is 14.4 Å². The van der Waals surface area contributed by atoms with Crippen LogP contribution in [0.25, 0.3) is 0 Å². The van der Waals surface area contributed by atoms with Crippen molar-refractivity contribution in [3.63, 3.8) is 0 Å². The lowest BCUT2D eigenvalue weighted by molar-refractivity contribution is -0.126. The number of ketones is 1. The molecule has 0 aromatic rings. The molecule has 0 unspecified atom stereocenters. The summed E-state index contributed by atoms with van der Waals surface area (Å²) in [6.07, 6.45) is 0.663. The Balaban J connectivity index is 3.49. The van der Waals surface area contributed by atoms with E-state index in [0.717, 1.165) is 0 Å². The zero-order chi connectivity index (χ0) is 12.4. The van der Waals surface area contributed by atoms with Crippen LogP contribution in [0.15, 0.2) is 0 Å². The number of rotatable bonds is 8. The maximum absolute atomic E-state index is 11.2. The van der Waals surface area contributed by atoms with Crippen molar-refractivity contribution in [1.82, 2.24) is 16.0 Å². The minimum absolute atomic E-state index is 0.0263. The molecule has 2 amide bonds. The predicted octanol–water partition coefficient (Wildman–Crippen LogP) is -1.19. The quantitative estimate of drug-likeness (QED) is 0.488. The molecule has 0 fully saturated rings. The highest BCUT2D eigenvalue weighted by Crippen LogP contribution is 1.79. The van der Waals surface area contributed by atoms with Gasteiger partial charge in [-0.2, -0.15) is 0 Å². The lowest BCUT2D eigenvalue weighted by Crippen LogP contribution is -2.38. The predicted molar refractivity (Wildman–Crippen MR) is 59.9 cm³/mol. The maximum Gasteiger partial charge on any atom is 0.239 e. The summed E-state index contributed by atoms with van der Waals surface area (Å²) in [7, 11) is 1.75. The molecular formula is C10H19N3O3. The lowest BCUT2D eigenvalue weighted by Gasteiger charge is -2.05. The van der Waals surface area contributed by atoms with E-state index in [1.165, 1.54) is 6.92 Å². The molecule has 0 aromatic heterocycles. The van der Waals surface area contributed by atoms with Crippen LogP contribution >= 0.6 is 0 Å².